The molecule has 0 saturated carbocycles. The highest BCUT2D eigenvalue weighted by atomic mass is 35.5. The number of aryl methyl sites for hydroxylation is 3. The maximum Gasteiger partial charge on any atom is 0.340 e. The van der Waals surface area contributed by atoms with Gasteiger partial charge in [0.15, 0.2) is 0 Å². The number of carboxylic acids is 1. The lowest BCUT2D eigenvalue weighted by Crippen LogP contribution is -2.08. The molecule has 0 aliphatic heterocycles. The van der Waals surface area contributed by atoms with Crippen molar-refractivity contribution in [3.05, 3.63) is 193 Å². The van der Waals surface area contributed by atoms with Gasteiger partial charge in [-0.3, -0.25) is 15.0 Å². The maximum absolute atomic E-state index is 11.9. The number of halogens is 2. The molecular formula is C49H45Cl2N3O6. The van der Waals surface area contributed by atoms with Gasteiger partial charge in [-0.05, 0) is 124 Å². The molecule has 306 valence electrons. The second-order valence-corrected chi connectivity index (χ2v) is 13.6. The maximum atomic E-state index is 11.9. The summed E-state index contributed by atoms with van der Waals surface area (Å²) in [4.78, 5) is 47.8. The highest BCUT2D eigenvalue weighted by molar-refractivity contribution is 6.32. The second-order valence-electron chi connectivity index (χ2n) is 12.8. The molecule has 3 aromatic carbocycles. The van der Waals surface area contributed by atoms with E-state index in [-0.39, 0.29) is 11.9 Å². The fraction of sp³-hybridized carbons (Fsp3) is 0.143. The van der Waals surface area contributed by atoms with Crippen molar-refractivity contribution >= 4 is 77.6 Å². The van der Waals surface area contributed by atoms with E-state index in [1.165, 1.54) is 0 Å². The van der Waals surface area contributed by atoms with Crippen LogP contribution in [0.15, 0.2) is 115 Å². The molecule has 0 amide bonds. The molecule has 0 aliphatic carbocycles. The minimum absolute atomic E-state index is 0.293. The quantitative estimate of drug-likeness (QED) is 0.127. The summed E-state index contributed by atoms with van der Waals surface area (Å²) in [5.41, 5.74) is 8.28. The average molecular weight is 843 g/mol. The summed E-state index contributed by atoms with van der Waals surface area (Å²) in [6, 6.07) is 34.7. The molecule has 0 fully saturated rings. The Labute approximate surface area is 360 Å². The monoisotopic (exact) mass is 841 g/mol. The number of pyridine rings is 3. The molecular weight excluding hydrogens is 797 g/mol. The van der Waals surface area contributed by atoms with E-state index in [4.69, 9.17) is 37.8 Å². The fourth-order valence-corrected chi connectivity index (χ4v) is 5.81. The summed E-state index contributed by atoms with van der Waals surface area (Å²) < 4.78 is 10.0. The van der Waals surface area contributed by atoms with Crippen LogP contribution in [0.4, 0.5) is 0 Å². The molecule has 0 saturated heterocycles. The molecule has 11 heteroatoms. The van der Waals surface area contributed by atoms with Crippen LogP contribution >= 0.6 is 23.2 Å². The van der Waals surface area contributed by atoms with Gasteiger partial charge in [0, 0.05) is 21.4 Å². The predicted molar refractivity (Wildman–Crippen MR) is 242 cm³/mol. The molecule has 0 atom stereocenters. The van der Waals surface area contributed by atoms with Gasteiger partial charge in [0.2, 0.25) is 0 Å². The Morgan fingerprint density at radius 3 is 1.58 bits per heavy atom. The van der Waals surface area contributed by atoms with Gasteiger partial charge in [-0.25, -0.2) is 14.4 Å². The first-order chi connectivity index (χ1) is 28.9. The van der Waals surface area contributed by atoms with Crippen molar-refractivity contribution in [1.29, 1.82) is 0 Å². The number of nitrogens with zero attached hydrogens (tertiary/aromatic N) is 3. The van der Waals surface area contributed by atoms with Gasteiger partial charge in [-0.15, -0.1) is 0 Å². The standard InChI is InChI=1S/2C17H16ClNO2.C15H13NO2/c1-3-21-17(20)14-10-8-12(2)19-16(14)11-9-13-6-4-5-7-15(13)18;1-3-21-17(20)15-11-10-14(19-12(15)2)9-8-13-6-4-5-7-16(13)18;1-11-5-4-7-13(16-11)10-9-12-6-2-3-8-14(12)15(17)18/h2*4-11H,3H2,1-2H3;2-10H,1H3,(H,17,18). The smallest absolute Gasteiger partial charge is 0.340 e. The van der Waals surface area contributed by atoms with Crippen LogP contribution in [0, 0.1) is 20.8 Å². The summed E-state index contributed by atoms with van der Waals surface area (Å²) in [6.45, 7) is 9.83. The first-order valence-corrected chi connectivity index (χ1v) is 19.7. The Morgan fingerprint density at radius 2 is 1.02 bits per heavy atom. The molecule has 60 heavy (non-hydrogen) atoms. The van der Waals surface area contributed by atoms with Gasteiger partial charge in [-0.1, -0.05) is 102 Å². The van der Waals surface area contributed by atoms with Crippen LogP contribution in [0.5, 0.6) is 0 Å². The van der Waals surface area contributed by atoms with Crippen molar-refractivity contribution < 1.29 is 29.0 Å². The van der Waals surface area contributed by atoms with Crippen LogP contribution in [0.1, 0.15) is 95.8 Å². The largest absolute Gasteiger partial charge is 0.478 e. The van der Waals surface area contributed by atoms with Crippen molar-refractivity contribution in [3.8, 4) is 0 Å². The number of benzene rings is 3. The van der Waals surface area contributed by atoms with E-state index >= 15 is 0 Å². The van der Waals surface area contributed by atoms with E-state index in [1.807, 2.05) is 111 Å². The van der Waals surface area contributed by atoms with Crippen LogP contribution < -0.4 is 0 Å². The van der Waals surface area contributed by atoms with Crippen LogP contribution in [0.2, 0.25) is 10.0 Å². The van der Waals surface area contributed by atoms with E-state index in [0.717, 1.165) is 33.9 Å². The van der Waals surface area contributed by atoms with Gasteiger partial charge < -0.3 is 14.6 Å². The first kappa shape index (κ1) is 46.0. The van der Waals surface area contributed by atoms with Crippen LogP contribution in [0.25, 0.3) is 36.5 Å². The highest BCUT2D eigenvalue weighted by Gasteiger charge is 2.13. The molecule has 3 heterocycles. The number of esters is 2. The number of aromatic carboxylic acids is 1. The molecule has 1 N–H and O–H groups in total. The Morgan fingerprint density at radius 1 is 0.517 bits per heavy atom. The normalized spacial score (nSPS) is 10.8. The molecule has 9 nitrogen and oxygen atoms in total. The average Bonchev–Trinajstić information content (AvgIpc) is 3.23. The van der Waals surface area contributed by atoms with Crippen molar-refractivity contribution in [2.75, 3.05) is 13.2 Å². The van der Waals surface area contributed by atoms with E-state index in [2.05, 4.69) is 15.0 Å². The third-order valence-electron chi connectivity index (χ3n) is 8.36. The van der Waals surface area contributed by atoms with Crippen molar-refractivity contribution in [2.24, 2.45) is 0 Å². The number of carboxylic acid groups (broad SMARTS) is 1. The van der Waals surface area contributed by atoms with E-state index < -0.39 is 5.97 Å². The number of hydrogen-bond donors (Lipinski definition) is 1. The number of hydrogen-bond acceptors (Lipinski definition) is 8. The van der Waals surface area contributed by atoms with E-state index in [1.54, 1.807) is 75.4 Å². The van der Waals surface area contributed by atoms with Gasteiger partial charge >= 0.3 is 17.9 Å². The van der Waals surface area contributed by atoms with E-state index in [9.17, 15) is 14.4 Å². The number of carbonyl (C=O) groups is 3. The molecule has 6 rings (SSSR count). The summed E-state index contributed by atoms with van der Waals surface area (Å²) in [5, 5.41) is 10.4. The zero-order valence-corrected chi connectivity index (χ0v) is 35.4. The number of carbonyl (C=O) groups excluding carboxylic acids is 2. The third-order valence-corrected chi connectivity index (χ3v) is 9.05. The van der Waals surface area contributed by atoms with Crippen molar-refractivity contribution in [3.63, 3.8) is 0 Å². The minimum Gasteiger partial charge on any atom is -0.478 e. The zero-order chi connectivity index (χ0) is 43.4. The predicted octanol–water partition coefficient (Wildman–Crippen LogP) is 12.0. The lowest BCUT2D eigenvalue weighted by atomic mass is 10.1. The second kappa shape index (κ2) is 23.7. The minimum atomic E-state index is -0.924. The van der Waals surface area contributed by atoms with Crippen LogP contribution in [0.3, 0.4) is 0 Å². The highest BCUT2D eigenvalue weighted by Crippen LogP contribution is 2.21. The molecule has 0 radical (unpaired) electrons. The van der Waals surface area contributed by atoms with Gasteiger partial charge in [0.05, 0.1) is 52.7 Å². The van der Waals surface area contributed by atoms with Crippen LogP contribution in [-0.4, -0.2) is 51.2 Å². The summed E-state index contributed by atoms with van der Waals surface area (Å²) in [7, 11) is 0. The molecule has 0 aliphatic rings. The fourth-order valence-electron chi connectivity index (χ4n) is 5.42. The van der Waals surface area contributed by atoms with Crippen molar-refractivity contribution in [1.82, 2.24) is 15.0 Å². The summed E-state index contributed by atoms with van der Waals surface area (Å²) in [6.07, 6.45) is 11.0. The Balaban J connectivity index is 0.000000199. The van der Waals surface area contributed by atoms with Gasteiger partial charge in [0.1, 0.15) is 0 Å². The number of aromatic nitrogens is 3. The number of rotatable bonds is 11. The Hall–Kier alpha value is -6.68. The lowest BCUT2D eigenvalue weighted by molar-refractivity contribution is 0.0515. The lowest BCUT2D eigenvalue weighted by Gasteiger charge is -2.06. The summed E-state index contributed by atoms with van der Waals surface area (Å²) >= 11 is 12.2. The first-order valence-electron chi connectivity index (χ1n) is 19.0. The van der Waals surface area contributed by atoms with Gasteiger partial charge in [-0.2, -0.15) is 0 Å². The third kappa shape index (κ3) is 14.3. The topological polar surface area (TPSA) is 129 Å². The van der Waals surface area contributed by atoms with Gasteiger partial charge in [0.25, 0.3) is 0 Å². The summed E-state index contributed by atoms with van der Waals surface area (Å²) in [5.74, 6) is -1.64. The van der Waals surface area contributed by atoms with Crippen molar-refractivity contribution in [2.45, 2.75) is 34.6 Å². The Bertz CT molecular complexity index is 2510. The molecule has 0 spiro atoms. The SMILES string of the molecule is CCOC(=O)c1ccc(C)nc1C=Cc1ccccc1Cl.CCOC(=O)c1ccc(C=Cc2ccccc2Cl)nc1C.Cc1cccc(C=Cc2ccccc2C(=O)O)n1. The molecule has 3 aromatic heterocycles. The van der Waals surface area contributed by atoms with E-state index in [0.29, 0.717) is 56.9 Å². The Kier molecular flexibility index (Phi) is 18.1. The molecule has 0 bridgehead atoms. The molecule has 6 aromatic rings. The van der Waals surface area contributed by atoms with Crippen LogP contribution in [-0.2, 0) is 9.47 Å². The number of ether oxygens (including phenoxy) is 2. The zero-order valence-electron chi connectivity index (χ0n) is 33.9. The molecule has 0 unspecified atom stereocenters.